The van der Waals surface area contributed by atoms with Crippen molar-refractivity contribution >= 4 is 43.5 Å². The Bertz CT molecular complexity index is 1290. The van der Waals surface area contributed by atoms with E-state index in [1.165, 1.54) is 24.1 Å². The molecule has 0 fully saturated rings. The van der Waals surface area contributed by atoms with E-state index in [0.717, 1.165) is 38.3 Å². The number of rotatable bonds is 10. The lowest BCUT2D eigenvalue weighted by Crippen LogP contribution is -2.52. The molecule has 0 aliphatic carbocycles. The molecular weight excluding hydrogens is 549 g/mol. The van der Waals surface area contributed by atoms with Crippen LogP contribution in [-0.4, -0.2) is 51.0 Å². The highest BCUT2D eigenvalue weighted by molar-refractivity contribution is 9.10. The van der Waals surface area contributed by atoms with Gasteiger partial charge in [0.25, 0.3) is 0 Å². The summed E-state index contributed by atoms with van der Waals surface area (Å²) in [4.78, 5) is 28.1. The van der Waals surface area contributed by atoms with Gasteiger partial charge in [0.05, 0.1) is 11.9 Å². The fraction of sp³-hybridized carbons (Fsp3) is 0.231. The van der Waals surface area contributed by atoms with E-state index >= 15 is 0 Å². The van der Waals surface area contributed by atoms with Gasteiger partial charge in [-0.2, -0.15) is 0 Å². The molecule has 0 saturated carbocycles. The number of benzene rings is 3. The van der Waals surface area contributed by atoms with E-state index in [4.69, 9.17) is 0 Å². The van der Waals surface area contributed by atoms with Crippen LogP contribution in [0.2, 0.25) is 0 Å². The molecular formula is C26H27BrFN3O4S. The monoisotopic (exact) mass is 575 g/mol. The van der Waals surface area contributed by atoms with Crippen molar-refractivity contribution in [3.63, 3.8) is 0 Å². The zero-order chi connectivity index (χ0) is 26.3. The summed E-state index contributed by atoms with van der Waals surface area (Å²) in [5.74, 6) is -1.48. The number of nitrogens with one attached hydrogen (secondary N) is 1. The normalized spacial score (nSPS) is 12.0. The average molecular weight is 576 g/mol. The highest BCUT2D eigenvalue weighted by Crippen LogP contribution is 2.21. The van der Waals surface area contributed by atoms with E-state index in [0.29, 0.717) is 0 Å². The van der Waals surface area contributed by atoms with Gasteiger partial charge < -0.3 is 10.2 Å². The number of hydrogen-bond donors (Lipinski definition) is 1. The van der Waals surface area contributed by atoms with E-state index in [2.05, 4.69) is 21.2 Å². The first-order valence-electron chi connectivity index (χ1n) is 11.1. The van der Waals surface area contributed by atoms with Crippen molar-refractivity contribution in [1.82, 2.24) is 10.2 Å². The lowest BCUT2D eigenvalue weighted by atomic mass is 10.0. The Balaban J connectivity index is 2.00. The van der Waals surface area contributed by atoms with E-state index in [9.17, 15) is 22.4 Å². The average Bonchev–Trinajstić information content (AvgIpc) is 2.86. The van der Waals surface area contributed by atoms with Gasteiger partial charge in [-0.15, -0.1) is 0 Å². The number of likely N-dealkylation sites (N-methyl/N-ethyl adjacent to an activating group) is 1. The summed E-state index contributed by atoms with van der Waals surface area (Å²) in [5.41, 5.74) is 1.76. The third-order valence-electron chi connectivity index (χ3n) is 5.58. The lowest BCUT2D eigenvalue weighted by Gasteiger charge is -2.33. The molecule has 0 saturated heterocycles. The fourth-order valence-electron chi connectivity index (χ4n) is 3.73. The van der Waals surface area contributed by atoms with Gasteiger partial charge in [0.1, 0.15) is 18.4 Å². The Kier molecular flexibility index (Phi) is 9.22. The molecule has 0 bridgehead atoms. The largest absolute Gasteiger partial charge is 0.357 e. The maximum absolute atomic E-state index is 13.7. The molecule has 1 N–H and O–H groups in total. The van der Waals surface area contributed by atoms with Gasteiger partial charge >= 0.3 is 0 Å². The first kappa shape index (κ1) is 27.3. The molecule has 1 unspecified atom stereocenters. The Morgan fingerprint density at radius 1 is 0.944 bits per heavy atom. The second kappa shape index (κ2) is 12.1. The predicted octanol–water partition coefficient (Wildman–Crippen LogP) is 3.74. The third-order valence-corrected chi connectivity index (χ3v) is 7.25. The molecule has 3 aromatic rings. The van der Waals surface area contributed by atoms with Gasteiger partial charge in [0.15, 0.2) is 0 Å². The maximum Gasteiger partial charge on any atom is 0.244 e. The van der Waals surface area contributed by atoms with Gasteiger partial charge in [-0.3, -0.25) is 13.9 Å². The van der Waals surface area contributed by atoms with Crippen LogP contribution in [0.25, 0.3) is 0 Å². The van der Waals surface area contributed by atoms with Gasteiger partial charge in [-0.25, -0.2) is 12.8 Å². The summed E-state index contributed by atoms with van der Waals surface area (Å²) in [6.45, 7) is -0.471. The molecule has 2 amide bonds. The van der Waals surface area contributed by atoms with Crippen LogP contribution in [0.3, 0.4) is 0 Å². The molecule has 1 atom stereocenters. The zero-order valence-electron chi connectivity index (χ0n) is 19.9. The first-order chi connectivity index (χ1) is 17.1. The molecule has 190 valence electrons. The van der Waals surface area contributed by atoms with Crippen molar-refractivity contribution in [2.24, 2.45) is 0 Å². The van der Waals surface area contributed by atoms with Crippen LogP contribution in [0, 0.1) is 5.82 Å². The number of carbonyl (C=O) groups excluding carboxylic acids is 2. The summed E-state index contributed by atoms with van der Waals surface area (Å²) < 4.78 is 40.4. The van der Waals surface area contributed by atoms with Crippen LogP contribution in [0.1, 0.15) is 11.1 Å². The number of hydrogen-bond acceptors (Lipinski definition) is 4. The molecule has 0 aliphatic heterocycles. The number of nitrogens with zero attached hydrogens (tertiary/aromatic N) is 2. The number of sulfonamides is 1. The molecule has 0 radical (unpaired) electrons. The highest BCUT2D eigenvalue weighted by Gasteiger charge is 2.32. The summed E-state index contributed by atoms with van der Waals surface area (Å²) in [6.07, 6.45) is 1.21. The van der Waals surface area contributed by atoms with Gasteiger partial charge in [-0.1, -0.05) is 58.4 Å². The summed E-state index contributed by atoms with van der Waals surface area (Å²) >= 11 is 3.39. The summed E-state index contributed by atoms with van der Waals surface area (Å²) in [6, 6.07) is 20.5. The smallest absolute Gasteiger partial charge is 0.244 e. The fourth-order valence-corrected chi connectivity index (χ4v) is 4.84. The van der Waals surface area contributed by atoms with Crippen LogP contribution in [0.15, 0.2) is 83.3 Å². The highest BCUT2D eigenvalue weighted by atomic mass is 79.9. The number of amides is 2. The third kappa shape index (κ3) is 7.38. The predicted molar refractivity (Wildman–Crippen MR) is 141 cm³/mol. The molecule has 10 heteroatoms. The van der Waals surface area contributed by atoms with Gasteiger partial charge in [0, 0.05) is 24.5 Å². The Morgan fingerprint density at radius 2 is 1.56 bits per heavy atom. The molecule has 0 aromatic heterocycles. The van der Waals surface area contributed by atoms with Crippen LogP contribution < -0.4 is 9.62 Å². The zero-order valence-corrected chi connectivity index (χ0v) is 22.3. The van der Waals surface area contributed by atoms with Crippen LogP contribution >= 0.6 is 15.9 Å². The molecule has 0 heterocycles. The van der Waals surface area contributed by atoms with E-state index in [1.807, 2.05) is 54.6 Å². The minimum Gasteiger partial charge on any atom is -0.357 e. The minimum absolute atomic E-state index is 0.0814. The second-order valence-corrected chi connectivity index (χ2v) is 11.0. The van der Waals surface area contributed by atoms with Crippen molar-refractivity contribution < 1.29 is 22.4 Å². The van der Waals surface area contributed by atoms with Crippen molar-refractivity contribution in [2.45, 2.75) is 19.0 Å². The topological polar surface area (TPSA) is 86.8 Å². The van der Waals surface area contributed by atoms with Crippen molar-refractivity contribution in [1.29, 1.82) is 0 Å². The van der Waals surface area contributed by atoms with E-state index < -0.39 is 34.3 Å². The molecule has 3 rings (SSSR count). The number of anilines is 1. The SMILES string of the molecule is CNC(=O)C(Cc1ccccc1)N(Cc1ccc(Br)cc1)C(=O)CN(c1ccc(F)cc1)S(C)(=O)=O. The van der Waals surface area contributed by atoms with Crippen LogP contribution in [0.5, 0.6) is 0 Å². The van der Waals surface area contributed by atoms with Crippen molar-refractivity contribution in [3.05, 3.63) is 100 Å². The number of halogens is 2. The van der Waals surface area contributed by atoms with Crippen molar-refractivity contribution in [2.75, 3.05) is 24.2 Å². The first-order valence-corrected chi connectivity index (χ1v) is 13.8. The quantitative estimate of drug-likeness (QED) is 0.399. The maximum atomic E-state index is 13.7. The van der Waals surface area contributed by atoms with Gasteiger partial charge in [-0.05, 0) is 47.5 Å². The summed E-state index contributed by atoms with van der Waals surface area (Å²) in [7, 11) is -2.40. The molecule has 0 spiro atoms. The Labute approximate surface area is 219 Å². The van der Waals surface area contributed by atoms with Crippen LogP contribution in [0.4, 0.5) is 10.1 Å². The molecule has 0 aliphatic rings. The standard InChI is InChI=1S/C26H27BrFN3O4S/c1-29-26(33)24(16-19-6-4-3-5-7-19)30(17-20-8-10-21(27)11-9-20)25(32)18-31(36(2,34)35)23-14-12-22(28)13-15-23/h3-15,24H,16-18H2,1-2H3,(H,29,33). The Hall–Kier alpha value is -3.24. The molecule has 3 aromatic carbocycles. The number of carbonyl (C=O) groups is 2. The van der Waals surface area contributed by atoms with Crippen molar-refractivity contribution in [3.8, 4) is 0 Å². The summed E-state index contributed by atoms with van der Waals surface area (Å²) in [5, 5.41) is 2.62. The lowest BCUT2D eigenvalue weighted by molar-refractivity contribution is -0.139. The minimum atomic E-state index is -3.89. The van der Waals surface area contributed by atoms with E-state index in [1.54, 1.807) is 0 Å². The molecule has 7 nitrogen and oxygen atoms in total. The van der Waals surface area contributed by atoms with Crippen LogP contribution in [-0.2, 0) is 32.6 Å². The van der Waals surface area contributed by atoms with Gasteiger partial charge in [0.2, 0.25) is 21.8 Å². The second-order valence-electron chi connectivity index (χ2n) is 8.21. The Morgan fingerprint density at radius 3 is 2.11 bits per heavy atom. The van der Waals surface area contributed by atoms with E-state index in [-0.39, 0.29) is 24.6 Å². The molecule has 36 heavy (non-hydrogen) atoms.